The number of ether oxygens (including phenoxy) is 2. The van der Waals surface area contributed by atoms with Crippen LogP contribution in [0.3, 0.4) is 0 Å². The zero-order chi connectivity index (χ0) is 21.4. The summed E-state index contributed by atoms with van der Waals surface area (Å²) in [6, 6.07) is -1.06. The summed E-state index contributed by atoms with van der Waals surface area (Å²) in [5, 5.41) is 23.7. The number of aliphatic hydroxyl groups is 2. The Kier molecular flexibility index (Phi) is 10.0. The SMILES string of the molecule is CCCCCCCC1=N[C@@H]2[C@@H](O[C@H](C)C(=O)N[C@@H](C)C=O)[C@H](O)[C@@H](CO)O[C@@H]2S1. The molecule has 9 heteroatoms. The zero-order valence-corrected chi connectivity index (χ0v) is 18.3. The standard InChI is InChI=1S/C20H34N2O6S/c1-4-5-6-7-8-9-15-22-16-18(17(25)14(11-24)28-20(16)29-15)27-13(3)19(26)21-12(2)10-23/h10,12-14,16-18,20,24-25H,4-9,11H2,1-3H3,(H,21,26)/t12-,13+,14+,16+,17+,18+,20+/m0/s1. The van der Waals surface area contributed by atoms with Gasteiger partial charge in [-0.25, -0.2) is 0 Å². The van der Waals surface area contributed by atoms with Gasteiger partial charge in [-0.1, -0.05) is 44.4 Å². The molecule has 0 radical (unpaired) electrons. The summed E-state index contributed by atoms with van der Waals surface area (Å²) in [5.41, 5.74) is -0.352. The van der Waals surface area contributed by atoms with Crippen molar-refractivity contribution >= 4 is 29.0 Å². The summed E-state index contributed by atoms with van der Waals surface area (Å²) in [5.74, 6) is -0.439. The van der Waals surface area contributed by atoms with Crippen molar-refractivity contribution in [2.24, 2.45) is 4.99 Å². The quantitative estimate of drug-likeness (QED) is 0.317. The molecule has 2 heterocycles. The molecule has 0 aromatic rings. The summed E-state index contributed by atoms with van der Waals surface area (Å²) in [7, 11) is 0. The number of rotatable bonds is 12. The van der Waals surface area contributed by atoms with E-state index in [1.165, 1.54) is 31.0 Å². The van der Waals surface area contributed by atoms with Crippen LogP contribution >= 0.6 is 11.8 Å². The third-order valence-corrected chi connectivity index (χ3v) is 6.37. The minimum Gasteiger partial charge on any atom is -0.394 e. The van der Waals surface area contributed by atoms with Crippen LogP contribution in [0.4, 0.5) is 0 Å². The molecule has 0 spiro atoms. The Morgan fingerprint density at radius 2 is 2.07 bits per heavy atom. The molecule has 1 fully saturated rings. The number of aldehydes is 1. The largest absolute Gasteiger partial charge is 0.394 e. The van der Waals surface area contributed by atoms with E-state index in [0.717, 1.165) is 24.3 Å². The molecule has 0 unspecified atom stereocenters. The monoisotopic (exact) mass is 430 g/mol. The maximum Gasteiger partial charge on any atom is 0.249 e. The van der Waals surface area contributed by atoms with Crippen molar-refractivity contribution in [3.8, 4) is 0 Å². The van der Waals surface area contributed by atoms with Crippen molar-refractivity contribution in [2.75, 3.05) is 6.61 Å². The van der Waals surface area contributed by atoms with Crippen molar-refractivity contribution in [3.63, 3.8) is 0 Å². The van der Waals surface area contributed by atoms with Gasteiger partial charge < -0.3 is 29.8 Å². The highest BCUT2D eigenvalue weighted by molar-refractivity contribution is 8.14. The lowest BCUT2D eigenvalue weighted by molar-refractivity contribution is -0.193. The van der Waals surface area contributed by atoms with E-state index in [-0.39, 0.29) is 12.0 Å². The molecule has 0 aliphatic carbocycles. The Morgan fingerprint density at radius 1 is 1.34 bits per heavy atom. The molecule has 2 aliphatic heterocycles. The number of nitrogens with zero attached hydrogens (tertiary/aromatic N) is 1. The zero-order valence-electron chi connectivity index (χ0n) is 17.5. The second-order valence-electron chi connectivity index (χ2n) is 7.69. The Morgan fingerprint density at radius 3 is 2.72 bits per heavy atom. The fourth-order valence-corrected chi connectivity index (χ4v) is 4.72. The number of carbonyl (C=O) groups excluding carboxylic acids is 2. The van der Waals surface area contributed by atoms with Crippen LogP contribution in [0.2, 0.25) is 0 Å². The number of hydrogen-bond acceptors (Lipinski definition) is 8. The molecule has 166 valence electrons. The van der Waals surface area contributed by atoms with Crippen molar-refractivity contribution in [3.05, 3.63) is 0 Å². The number of aliphatic hydroxyl groups excluding tert-OH is 2. The van der Waals surface area contributed by atoms with Crippen LogP contribution < -0.4 is 5.32 Å². The number of amides is 1. The lowest BCUT2D eigenvalue weighted by atomic mass is 9.98. The first-order valence-electron chi connectivity index (χ1n) is 10.5. The lowest BCUT2D eigenvalue weighted by Crippen LogP contribution is -2.58. The minimum absolute atomic E-state index is 0.347. The number of fused-ring (bicyclic) bond motifs is 1. The van der Waals surface area contributed by atoms with Crippen LogP contribution in [0, 0.1) is 0 Å². The third-order valence-electron chi connectivity index (χ3n) is 5.17. The van der Waals surface area contributed by atoms with Crippen LogP contribution in [0.25, 0.3) is 0 Å². The molecule has 2 rings (SSSR count). The van der Waals surface area contributed by atoms with Crippen molar-refractivity contribution in [2.45, 2.75) is 101 Å². The van der Waals surface area contributed by atoms with Gasteiger partial charge in [0, 0.05) is 0 Å². The number of thioether (sulfide) groups is 1. The van der Waals surface area contributed by atoms with Crippen LogP contribution in [-0.4, -0.2) is 76.0 Å². The predicted octanol–water partition coefficient (Wildman–Crippen LogP) is 1.42. The predicted molar refractivity (Wildman–Crippen MR) is 112 cm³/mol. The van der Waals surface area contributed by atoms with Gasteiger partial charge >= 0.3 is 0 Å². The smallest absolute Gasteiger partial charge is 0.249 e. The van der Waals surface area contributed by atoms with Crippen molar-refractivity contribution in [1.82, 2.24) is 5.32 Å². The first-order chi connectivity index (χ1) is 13.9. The van der Waals surface area contributed by atoms with Gasteiger partial charge in [0.05, 0.1) is 17.7 Å². The maximum atomic E-state index is 12.2. The molecule has 1 amide bonds. The maximum absolute atomic E-state index is 12.2. The highest BCUT2D eigenvalue weighted by Crippen LogP contribution is 2.39. The average Bonchev–Trinajstić information content (AvgIpc) is 3.11. The summed E-state index contributed by atoms with van der Waals surface area (Å²) in [4.78, 5) is 27.7. The average molecular weight is 431 g/mol. The Hall–Kier alpha value is -1.000. The van der Waals surface area contributed by atoms with E-state index < -0.39 is 42.4 Å². The Balaban J connectivity index is 2.01. The first-order valence-corrected chi connectivity index (χ1v) is 11.4. The molecule has 0 aromatic carbocycles. The van der Waals surface area contributed by atoms with Crippen LogP contribution in [0.15, 0.2) is 4.99 Å². The Labute approximate surface area is 176 Å². The molecule has 0 saturated carbocycles. The van der Waals surface area contributed by atoms with Gasteiger partial charge in [0.25, 0.3) is 0 Å². The molecule has 3 N–H and O–H groups in total. The van der Waals surface area contributed by atoms with E-state index in [9.17, 15) is 19.8 Å². The molecule has 2 aliphatic rings. The Bertz CT molecular complexity index is 575. The molecular weight excluding hydrogens is 396 g/mol. The summed E-state index contributed by atoms with van der Waals surface area (Å²) in [6.45, 7) is 4.98. The normalized spacial score (nSPS) is 30.9. The van der Waals surface area contributed by atoms with E-state index in [1.54, 1.807) is 13.8 Å². The highest BCUT2D eigenvalue weighted by Gasteiger charge is 2.50. The van der Waals surface area contributed by atoms with Gasteiger partial charge in [-0.05, 0) is 26.7 Å². The second-order valence-corrected chi connectivity index (χ2v) is 8.86. The lowest BCUT2D eigenvalue weighted by Gasteiger charge is -2.40. The number of carbonyl (C=O) groups is 2. The molecule has 0 aromatic heterocycles. The number of aliphatic imine (C=N–C) groups is 1. The van der Waals surface area contributed by atoms with Gasteiger partial charge in [0.1, 0.15) is 42.2 Å². The summed E-state index contributed by atoms with van der Waals surface area (Å²) >= 11 is 1.51. The third kappa shape index (κ3) is 6.75. The van der Waals surface area contributed by atoms with E-state index in [4.69, 9.17) is 14.5 Å². The van der Waals surface area contributed by atoms with Crippen LogP contribution in [-0.2, 0) is 19.1 Å². The number of hydrogen-bond donors (Lipinski definition) is 3. The van der Waals surface area contributed by atoms with Crippen molar-refractivity contribution in [1.29, 1.82) is 0 Å². The van der Waals surface area contributed by atoms with E-state index in [2.05, 4.69) is 12.2 Å². The van der Waals surface area contributed by atoms with Gasteiger partial charge in [0.2, 0.25) is 5.91 Å². The minimum atomic E-state index is -1.10. The van der Waals surface area contributed by atoms with Crippen LogP contribution in [0.5, 0.6) is 0 Å². The molecule has 8 nitrogen and oxygen atoms in total. The second kappa shape index (κ2) is 12.0. The number of nitrogens with one attached hydrogen (secondary N) is 1. The van der Waals surface area contributed by atoms with Crippen LogP contribution in [0.1, 0.15) is 59.3 Å². The fraction of sp³-hybridized carbons (Fsp3) is 0.850. The van der Waals surface area contributed by atoms with E-state index in [0.29, 0.717) is 6.29 Å². The number of unbranched alkanes of at least 4 members (excludes halogenated alkanes) is 4. The van der Waals surface area contributed by atoms with Crippen molar-refractivity contribution < 1.29 is 29.3 Å². The molecule has 1 saturated heterocycles. The summed E-state index contributed by atoms with van der Waals surface area (Å²) in [6.07, 6.45) is 3.77. The molecule has 29 heavy (non-hydrogen) atoms. The van der Waals surface area contributed by atoms with Gasteiger partial charge in [-0.2, -0.15) is 0 Å². The molecule has 0 bridgehead atoms. The topological polar surface area (TPSA) is 117 Å². The summed E-state index contributed by atoms with van der Waals surface area (Å²) < 4.78 is 11.7. The van der Waals surface area contributed by atoms with Gasteiger partial charge in [-0.3, -0.25) is 9.79 Å². The molecule has 7 atom stereocenters. The van der Waals surface area contributed by atoms with E-state index >= 15 is 0 Å². The molecular formula is C20H34N2O6S. The van der Waals surface area contributed by atoms with Gasteiger partial charge in [0.15, 0.2) is 0 Å². The highest BCUT2D eigenvalue weighted by atomic mass is 32.2. The fourth-order valence-electron chi connectivity index (χ4n) is 3.45. The first kappa shape index (κ1) is 24.3. The van der Waals surface area contributed by atoms with Gasteiger partial charge in [-0.15, -0.1) is 0 Å². The van der Waals surface area contributed by atoms with E-state index in [1.807, 2.05) is 0 Å².